The zero-order chi connectivity index (χ0) is 14.1. The third kappa shape index (κ3) is 3.87. The van der Waals surface area contributed by atoms with Crippen LogP contribution in [0, 0.1) is 5.41 Å². The van der Waals surface area contributed by atoms with Gasteiger partial charge in [0.15, 0.2) is 6.61 Å². The summed E-state index contributed by atoms with van der Waals surface area (Å²) in [5, 5.41) is 2.68. The number of carbonyl (C=O) groups excluding carboxylic acids is 1. The molecule has 1 N–H and O–H groups in total. The summed E-state index contributed by atoms with van der Waals surface area (Å²) in [4.78, 5) is 11.8. The largest absolute Gasteiger partial charge is 0.484 e. The molecule has 0 saturated heterocycles. The second-order valence-corrected chi connectivity index (χ2v) is 4.95. The molecule has 0 spiro atoms. The molecule has 6 heteroatoms. The van der Waals surface area contributed by atoms with Crippen LogP contribution in [0.1, 0.15) is 19.8 Å². The van der Waals surface area contributed by atoms with E-state index in [1.165, 1.54) is 18.2 Å². The average molecular weight is 273 g/mol. The predicted molar refractivity (Wildman–Crippen MR) is 64.0 cm³/mol. The van der Waals surface area contributed by atoms with Gasteiger partial charge in [0.2, 0.25) is 5.91 Å². The molecule has 0 heterocycles. The maximum atomic E-state index is 12.0. The van der Waals surface area contributed by atoms with Crippen molar-refractivity contribution in [1.82, 2.24) is 0 Å². The van der Waals surface area contributed by atoms with Crippen molar-refractivity contribution in [3.05, 3.63) is 24.3 Å². The second kappa shape index (κ2) is 4.75. The van der Waals surface area contributed by atoms with Crippen molar-refractivity contribution in [2.24, 2.45) is 5.41 Å². The van der Waals surface area contributed by atoms with Crippen molar-refractivity contribution in [2.75, 3.05) is 11.9 Å². The third-order valence-corrected chi connectivity index (χ3v) is 3.04. The van der Waals surface area contributed by atoms with Crippen LogP contribution in [0.3, 0.4) is 0 Å². The lowest BCUT2D eigenvalue weighted by molar-refractivity contribution is -0.153. The van der Waals surface area contributed by atoms with E-state index in [-0.39, 0.29) is 17.1 Å². The van der Waals surface area contributed by atoms with Crippen molar-refractivity contribution in [3.8, 4) is 5.75 Å². The molecule has 1 fully saturated rings. The van der Waals surface area contributed by atoms with E-state index in [1.807, 2.05) is 6.92 Å². The highest BCUT2D eigenvalue weighted by Crippen LogP contribution is 2.45. The quantitative estimate of drug-likeness (QED) is 0.913. The van der Waals surface area contributed by atoms with Gasteiger partial charge in [-0.1, -0.05) is 13.0 Å². The summed E-state index contributed by atoms with van der Waals surface area (Å²) < 4.78 is 40.7. The van der Waals surface area contributed by atoms with E-state index in [4.69, 9.17) is 0 Å². The number of hydrogen-bond acceptors (Lipinski definition) is 2. The smallest absolute Gasteiger partial charge is 0.422 e. The zero-order valence-electron chi connectivity index (χ0n) is 10.4. The van der Waals surface area contributed by atoms with Crippen molar-refractivity contribution < 1.29 is 22.7 Å². The lowest BCUT2D eigenvalue weighted by atomic mass is 10.1. The molecule has 0 atom stereocenters. The van der Waals surface area contributed by atoms with Crippen LogP contribution in [-0.4, -0.2) is 18.7 Å². The van der Waals surface area contributed by atoms with Gasteiger partial charge < -0.3 is 10.1 Å². The van der Waals surface area contributed by atoms with Crippen LogP contribution in [-0.2, 0) is 4.79 Å². The Hall–Kier alpha value is -1.72. The molecule has 104 valence electrons. The molecule has 1 aliphatic carbocycles. The van der Waals surface area contributed by atoms with E-state index >= 15 is 0 Å². The number of anilines is 1. The fourth-order valence-corrected chi connectivity index (χ4v) is 1.53. The van der Waals surface area contributed by atoms with E-state index in [2.05, 4.69) is 10.1 Å². The highest BCUT2D eigenvalue weighted by molar-refractivity contribution is 5.96. The highest BCUT2D eigenvalue weighted by Gasteiger charge is 2.44. The van der Waals surface area contributed by atoms with Gasteiger partial charge in [-0.25, -0.2) is 0 Å². The summed E-state index contributed by atoms with van der Waals surface area (Å²) in [5.41, 5.74) is 0.112. The minimum absolute atomic E-state index is 0.0797. The Bertz CT molecular complexity index is 481. The summed E-state index contributed by atoms with van der Waals surface area (Å²) in [6, 6.07) is 5.95. The molecule has 1 aromatic carbocycles. The number of rotatable bonds is 4. The second-order valence-electron chi connectivity index (χ2n) is 4.95. The Morgan fingerprint density at radius 3 is 2.68 bits per heavy atom. The first-order chi connectivity index (χ1) is 8.78. The number of nitrogens with one attached hydrogen (secondary N) is 1. The molecule has 1 aliphatic rings. The molecular formula is C13H14F3NO2. The Morgan fingerprint density at radius 1 is 1.42 bits per heavy atom. The number of benzene rings is 1. The zero-order valence-corrected chi connectivity index (χ0v) is 10.4. The molecule has 0 aromatic heterocycles. The van der Waals surface area contributed by atoms with Gasteiger partial charge in [-0.2, -0.15) is 13.2 Å². The van der Waals surface area contributed by atoms with E-state index < -0.39 is 12.8 Å². The molecule has 1 aromatic rings. The molecule has 19 heavy (non-hydrogen) atoms. The van der Waals surface area contributed by atoms with Crippen LogP contribution in [0.4, 0.5) is 18.9 Å². The maximum absolute atomic E-state index is 12.0. The lowest BCUT2D eigenvalue weighted by Gasteiger charge is -2.12. The summed E-state index contributed by atoms with van der Waals surface area (Å²) in [6.45, 7) is 0.508. The minimum atomic E-state index is -4.37. The van der Waals surface area contributed by atoms with E-state index in [9.17, 15) is 18.0 Å². The summed E-state index contributed by atoms with van der Waals surface area (Å²) in [6.07, 6.45) is -2.70. The molecule has 1 amide bonds. The number of carbonyl (C=O) groups is 1. The number of halogens is 3. The first-order valence-corrected chi connectivity index (χ1v) is 5.90. The Labute approximate surface area is 108 Å². The summed E-state index contributed by atoms with van der Waals surface area (Å²) >= 11 is 0. The van der Waals surface area contributed by atoms with Gasteiger partial charge in [0.05, 0.1) is 0 Å². The standard InChI is InChI=1S/C13H14F3NO2/c1-12(5-6-12)11(18)17-9-3-2-4-10(7-9)19-8-13(14,15)16/h2-4,7H,5-6,8H2,1H3,(H,17,18). The molecule has 3 nitrogen and oxygen atoms in total. The molecule has 2 rings (SSSR count). The van der Waals surface area contributed by atoms with Crippen molar-refractivity contribution in [1.29, 1.82) is 0 Å². The first-order valence-electron chi connectivity index (χ1n) is 5.90. The monoisotopic (exact) mass is 273 g/mol. The van der Waals surface area contributed by atoms with Gasteiger partial charge in [0.25, 0.3) is 0 Å². The van der Waals surface area contributed by atoms with Crippen molar-refractivity contribution >= 4 is 11.6 Å². The number of ether oxygens (including phenoxy) is 1. The molecular weight excluding hydrogens is 259 g/mol. The molecule has 0 bridgehead atoms. The highest BCUT2D eigenvalue weighted by atomic mass is 19.4. The van der Waals surface area contributed by atoms with E-state index in [0.29, 0.717) is 5.69 Å². The van der Waals surface area contributed by atoms with E-state index in [0.717, 1.165) is 12.8 Å². The van der Waals surface area contributed by atoms with Crippen LogP contribution in [0.25, 0.3) is 0 Å². The Balaban J connectivity index is 1.97. The van der Waals surface area contributed by atoms with Crippen LogP contribution in [0.15, 0.2) is 24.3 Å². The summed E-state index contributed by atoms with van der Waals surface area (Å²) in [5.74, 6) is -0.0310. The molecule has 1 saturated carbocycles. The maximum Gasteiger partial charge on any atom is 0.422 e. The topological polar surface area (TPSA) is 38.3 Å². The first kappa shape index (κ1) is 13.7. The fraction of sp³-hybridized carbons (Fsp3) is 0.462. The Kier molecular flexibility index (Phi) is 3.43. The van der Waals surface area contributed by atoms with Gasteiger partial charge in [0.1, 0.15) is 5.75 Å². The molecule has 0 radical (unpaired) electrons. The van der Waals surface area contributed by atoms with Crippen molar-refractivity contribution in [2.45, 2.75) is 25.9 Å². The number of alkyl halides is 3. The minimum Gasteiger partial charge on any atom is -0.484 e. The Morgan fingerprint density at radius 2 is 2.11 bits per heavy atom. The normalized spacial score (nSPS) is 16.8. The van der Waals surface area contributed by atoms with E-state index in [1.54, 1.807) is 6.07 Å². The van der Waals surface area contributed by atoms with Gasteiger partial charge >= 0.3 is 6.18 Å². The summed E-state index contributed by atoms with van der Waals surface area (Å²) in [7, 11) is 0. The van der Waals surface area contributed by atoms with Gasteiger partial charge in [-0.05, 0) is 25.0 Å². The van der Waals surface area contributed by atoms with Crippen molar-refractivity contribution in [3.63, 3.8) is 0 Å². The predicted octanol–water partition coefficient (Wildman–Crippen LogP) is 3.37. The lowest BCUT2D eigenvalue weighted by Crippen LogP contribution is -2.21. The van der Waals surface area contributed by atoms with Gasteiger partial charge in [-0.3, -0.25) is 4.79 Å². The van der Waals surface area contributed by atoms with Crippen LogP contribution in [0.2, 0.25) is 0 Å². The molecule has 0 aliphatic heterocycles. The fourth-order valence-electron chi connectivity index (χ4n) is 1.53. The number of amides is 1. The number of hydrogen-bond donors (Lipinski definition) is 1. The van der Waals surface area contributed by atoms with Crippen LogP contribution < -0.4 is 10.1 Å². The van der Waals surface area contributed by atoms with Gasteiger partial charge in [0, 0.05) is 17.2 Å². The molecule has 0 unspecified atom stereocenters. The van der Waals surface area contributed by atoms with Gasteiger partial charge in [-0.15, -0.1) is 0 Å². The third-order valence-electron chi connectivity index (χ3n) is 3.04. The SMILES string of the molecule is CC1(C(=O)Nc2cccc(OCC(F)(F)F)c2)CC1. The average Bonchev–Trinajstić information content (AvgIpc) is 3.06. The van der Waals surface area contributed by atoms with Crippen LogP contribution >= 0.6 is 0 Å². The van der Waals surface area contributed by atoms with Crippen LogP contribution in [0.5, 0.6) is 5.75 Å².